The fourth-order valence-electron chi connectivity index (χ4n) is 1.92. The van der Waals surface area contributed by atoms with E-state index in [-0.39, 0.29) is 34.6 Å². The van der Waals surface area contributed by atoms with Crippen LogP contribution in [0.25, 0.3) is 0 Å². The van der Waals surface area contributed by atoms with E-state index >= 15 is 0 Å². The van der Waals surface area contributed by atoms with Gasteiger partial charge in [0.2, 0.25) is 0 Å². The Bertz CT molecular complexity index is 550. The van der Waals surface area contributed by atoms with Crippen LogP contribution in [0.1, 0.15) is 46.0 Å². The molecule has 4 nitrogen and oxygen atoms in total. The lowest BCUT2D eigenvalue weighted by atomic mass is 10.1. The van der Waals surface area contributed by atoms with Gasteiger partial charge < -0.3 is 9.47 Å². The fourth-order valence-corrected chi connectivity index (χ4v) is 2.81. The van der Waals surface area contributed by atoms with Crippen LogP contribution >= 0.6 is 34.8 Å². The summed E-state index contributed by atoms with van der Waals surface area (Å²) in [5, 5.41) is 0.667. The predicted molar refractivity (Wildman–Crippen MR) is 96.0 cm³/mol. The maximum Gasteiger partial charge on any atom is 0.311 e. The molecule has 0 bridgehead atoms. The summed E-state index contributed by atoms with van der Waals surface area (Å²) in [6.45, 7) is 4.65. The molecule has 0 aliphatic heterocycles. The van der Waals surface area contributed by atoms with E-state index in [0.29, 0.717) is 24.0 Å². The summed E-state index contributed by atoms with van der Waals surface area (Å²) in [6, 6.07) is 2.87. The van der Waals surface area contributed by atoms with Crippen molar-refractivity contribution in [2.45, 2.75) is 46.0 Å². The Morgan fingerprint density at radius 1 is 1.00 bits per heavy atom. The summed E-state index contributed by atoms with van der Waals surface area (Å²) in [4.78, 5) is 23.3. The molecule has 0 spiro atoms. The number of halogens is 3. The van der Waals surface area contributed by atoms with Crippen molar-refractivity contribution in [3.8, 4) is 5.75 Å². The lowest BCUT2D eigenvalue weighted by Gasteiger charge is -2.09. The lowest BCUT2D eigenvalue weighted by Crippen LogP contribution is -2.11. The molecule has 0 amide bonds. The summed E-state index contributed by atoms with van der Waals surface area (Å²) in [5.74, 6) is -0.170. The first-order valence-electron chi connectivity index (χ1n) is 7.80. The van der Waals surface area contributed by atoms with E-state index in [0.717, 1.165) is 12.8 Å². The average molecular weight is 396 g/mol. The highest BCUT2D eigenvalue weighted by Gasteiger charge is 2.14. The topological polar surface area (TPSA) is 52.6 Å². The first-order valence-corrected chi connectivity index (χ1v) is 8.93. The zero-order chi connectivity index (χ0) is 18.1. The van der Waals surface area contributed by atoms with Crippen molar-refractivity contribution in [1.82, 2.24) is 0 Å². The maximum atomic E-state index is 11.8. The van der Waals surface area contributed by atoms with Gasteiger partial charge in [0.25, 0.3) is 0 Å². The molecular formula is C17H21Cl3O4. The lowest BCUT2D eigenvalue weighted by molar-refractivity contribution is -0.144. The molecule has 0 aliphatic rings. The highest BCUT2D eigenvalue weighted by molar-refractivity contribution is 6.40. The van der Waals surface area contributed by atoms with E-state index in [1.165, 1.54) is 12.1 Å². The molecule has 0 aliphatic carbocycles. The average Bonchev–Trinajstić information content (AvgIpc) is 2.47. The van der Waals surface area contributed by atoms with Crippen molar-refractivity contribution in [1.29, 1.82) is 0 Å². The third-order valence-corrected chi connectivity index (χ3v) is 3.91. The number of benzene rings is 1. The molecule has 7 heteroatoms. The molecule has 0 saturated carbocycles. The number of carbonyl (C=O) groups is 2. The Hall–Kier alpha value is -0.970. The van der Waals surface area contributed by atoms with Crippen LogP contribution in [0.3, 0.4) is 0 Å². The van der Waals surface area contributed by atoms with E-state index in [4.69, 9.17) is 44.3 Å². The van der Waals surface area contributed by atoms with Crippen LogP contribution in [0.5, 0.6) is 5.75 Å². The number of hydrogen-bond acceptors (Lipinski definition) is 4. The molecule has 0 aromatic heterocycles. The van der Waals surface area contributed by atoms with Gasteiger partial charge in [0.15, 0.2) is 5.75 Å². The second-order valence-corrected chi connectivity index (χ2v) is 7.03. The fraction of sp³-hybridized carbons (Fsp3) is 0.529. The number of hydrogen-bond donors (Lipinski definition) is 0. The van der Waals surface area contributed by atoms with Crippen molar-refractivity contribution >= 4 is 46.7 Å². The van der Waals surface area contributed by atoms with Gasteiger partial charge in [-0.15, -0.1) is 0 Å². The molecule has 24 heavy (non-hydrogen) atoms. The van der Waals surface area contributed by atoms with Gasteiger partial charge in [0.05, 0.1) is 16.7 Å². The summed E-state index contributed by atoms with van der Waals surface area (Å²) in [7, 11) is 0. The number of rotatable bonds is 9. The van der Waals surface area contributed by atoms with Crippen molar-refractivity contribution in [2.24, 2.45) is 5.92 Å². The van der Waals surface area contributed by atoms with Gasteiger partial charge in [-0.1, -0.05) is 48.7 Å². The van der Waals surface area contributed by atoms with E-state index in [2.05, 4.69) is 13.8 Å². The predicted octanol–water partition coefficient (Wildman–Crippen LogP) is 5.70. The van der Waals surface area contributed by atoms with Gasteiger partial charge in [0, 0.05) is 17.9 Å². The Labute approximate surface area is 157 Å². The Kier molecular flexibility index (Phi) is 9.49. The SMILES string of the molecule is CC(C)CCCOC(=O)CCCC(=O)Oc1c(Cl)cc(Cl)cc1Cl. The Morgan fingerprint density at radius 3 is 2.17 bits per heavy atom. The summed E-state index contributed by atoms with van der Waals surface area (Å²) in [5.41, 5.74) is 0. The molecule has 1 aromatic carbocycles. The van der Waals surface area contributed by atoms with Gasteiger partial charge in [0.1, 0.15) is 0 Å². The third kappa shape index (κ3) is 8.22. The number of ether oxygens (including phenoxy) is 2. The van der Waals surface area contributed by atoms with Crippen molar-refractivity contribution in [3.05, 3.63) is 27.2 Å². The Balaban J connectivity index is 2.28. The molecule has 0 radical (unpaired) electrons. The van der Waals surface area contributed by atoms with E-state index in [9.17, 15) is 9.59 Å². The second kappa shape index (κ2) is 10.8. The molecular weight excluding hydrogens is 375 g/mol. The second-order valence-electron chi connectivity index (χ2n) is 5.78. The number of carbonyl (C=O) groups excluding carboxylic acids is 2. The van der Waals surface area contributed by atoms with Gasteiger partial charge in [-0.2, -0.15) is 0 Å². The van der Waals surface area contributed by atoms with Crippen LogP contribution in [0.15, 0.2) is 12.1 Å². The minimum atomic E-state index is -0.520. The van der Waals surface area contributed by atoms with Crippen molar-refractivity contribution < 1.29 is 19.1 Å². The molecule has 0 heterocycles. The first kappa shape index (κ1) is 21.1. The number of esters is 2. The van der Waals surface area contributed by atoms with E-state index in [1.807, 2.05) is 0 Å². The molecule has 1 rings (SSSR count). The quantitative estimate of drug-likeness (QED) is 0.305. The first-order chi connectivity index (χ1) is 11.3. The molecule has 0 atom stereocenters. The monoisotopic (exact) mass is 394 g/mol. The summed E-state index contributed by atoms with van der Waals surface area (Å²) in [6.07, 6.45) is 2.43. The van der Waals surface area contributed by atoms with E-state index in [1.54, 1.807) is 0 Å². The highest BCUT2D eigenvalue weighted by atomic mass is 35.5. The zero-order valence-corrected chi connectivity index (χ0v) is 16.0. The van der Waals surface area contributed by atoms with E-state index < -0.39 is 5.97 Å². The zero-order valence-electron chi connectivity index (χ0n) is 13.7. The van der Waals surface area contributed by atoms with Crippen molar-refractivity contribution in [2.75, 3.05) is 6.61 Å². The van der Waals surface area contributed by atoms with Crippen LogP contribution < -0.4 is 4.74 Å². The smallest absolute Gasteiger partial charge is 0.311 e. The van der Waals surface area contributed by atoms with Crippen LogP contribution in [0.2, 0.25) is 15.1 Å². The van der Waals surface area contributed by atoms with Gasteiger partial charge in [-0.05, 0) is 37.3 Å². The molecule has 0 N–H and O–H groups in total. The highest BCUT2D eigenvalue weighted by Crippen LogP contribution is 2.36. The minimum Gasteiger partial charge on any atom is -0.466 e. The molecule has 0 fully saturated rings. The van der Waals surface area contributed by atoms with Gasteiger partial charge in [-0.3, -0.25) is 9.59 Å². The van der Waals surface area contributed by atoms with Crippen LogP contribution in [0, 0.1) is 5.92 Å². The molecule has 134 valence electrons. The largest absolute Gasteiger partial charge is 0.466 e. The minimum absolute atomic E-state index is 0.0659. The third-order valence-electron chi connectivity index (χ3n) is 3.13. The van der Waals surface area contributed by atoms with Crippen LogP contribution in [-0.4, -0.2) is 18.5 Å². The van der Waals surface area contributed by atoms with Crippen molar-refractivity contribution in [3.63, 3.8) is 0 Å². The Morgan fingerprint density at radius 2 is 1.58 bits per heavy atom. The molecule has 1 aromatic rings. The van der Waals surface area contributed by atoms with Gasteiger partial charge in [-0.25, -0.2) is 0 Å². The standard InChI is InChI=1S/C17H21Cl3O4/c1-11(2)5-4-8-23-15(21)6-3-7-16(22)24-17-13(19)9-12(18)10-14(17)20/h9-11H,3-8H2,1-2H3. The van der Waals surface area contributed by atoms with Gasteiger partial charge >= 0.3 is 11.9 Å². The van der Waals surface area contributed by atoms with Crippen LogP contribution in [-0.2, 0) is 14.3 Å². The molecule has 0 saturated heterocycles. The normalized spacial score (nSPS) is 10.8. The summed E-state index contributed by atoms with van der Waals surface area (Å²) < 4.78 is 10.2. The summed E-state index contributed by atoms with van der Waals surface area (Å²) >= 11 is 17.7. The van der Waals surface area contributed by atoms with Crippen LogP contribution in [0.4, 0.5) is 0 Å². The maximum absolute atomic E-state index is 11.8. The molecule has 0 unspecified atom stereocenters.